The highest BCUT2D eigenvalue weighted by Gasteiger charge is 2.53. The number of ether oxygens (including phenoxy) is 1. The van der Waals surface area contributed by atoms with E-state index in [4.69, 9.17) is 4.74 Å². The molecule has 8 nitrogen and oxygen atoms in total. The number of H-pyrrole nitrogens is 1. The summed E-state index contributed by atoms with van der Waals surface area (Å²) in [4.78, 5) is 47.4. The van der Waals surface area contributed by atoms with Gasteiger partial charge >= 0.3 is 5.97 Å². The van der Waals surface area contributed by atoms with E-state index in [0.717, 1.165) is 55.9 Å². The Labute approximate surface area is 236 Å². The number of halogens is 1. The number of aromatic amines is 1. The zero-order valence-electron chi connectivity index (χ0n) is 24.0. The second kappa shape index (κ2) is 12.3. The second-order valence-corrected chi connectivity index (χ2v) is 11.8. The zero-order valence-corrected chi connectivity index (χ0v) is 24.0. The number of carbonyl (C=O) groups is 3. The third-order valence-electron chi connectivity index (χ3n) is 9.47. The molecule has 3 heterocycles. The van der Waals surface area contributed by atoms with Crippen molar-refractivity contribution in [1.82, 2.24) is 20.1 Å². The van der Waals surface area contributed by atoms with Crippen molar-refractivity contribution in [2.24, 2.45) is 11.8 Å². The number of carbonyl (C=O) groups excluding carboxylic acids is 3. The normalized spacial score (nSPS) is 25.1. The van der Waals surface area contributed by atoms with Gasteiger partial charge in [0.15, 0.2) is 0 Å². The fraction of sp³-hybridized carbons (Fsp3) is 0.645. The monoisotopic (exact) mass is 554 g/mol. The number of nitrogens with zero attached hydrogens (tertiary/aromatic N) is 2. The Hall–Kier alpha value is -2.94. The van der Waals surface area contributed by atoms with Gasteiger partial charge in [-0.25, -0.2) is 4.39 Å². The molecule has 218 valence electrons. The van der Waals surface area contributed by atoms with Gasteiger partial charge in [-0.1, -0.05) is 33.1 Å². The van der Waals surface area contributed by atoms with Crippen LogP contribution in [0.4, 0.5) is 4.39 Å². The van der Waals surface area contributed by atoms with Gasteiger partial charge in [-0.3, -0.25) is 19.3 Å². The van der Waals surface area contributed by atoms with Gasteiger partial charge in [-0.05, 0) is 62.3 Å². The van der Waals surface area contributed by atoms with Crippen LogP contribution in [-0.2, 0) is 19.1 Å². The first-order chi connectivity index (χ1) is 19.3. The molecular weight excluding hydrogens is 511 g/mol. The number of likely N-dealkylation sites (tertiary alicyclic amines) is 2. The van der Waals surface area contributed by atoms with Gasteiger partial charge < -0.3 is 19.9 Å². The molecular formula is C31H43FN4O4. The maximum Gasteiger partial charge on any atom is 0.320 e. The van der Waals surface area contributed by atoms with Crippen molar-refractivity contribution >= 4 is 28.7 Å². The summed E-state index contributed by atoms with van der Waals surface area (Å²) in [6, 6.07) is 4.04. The summed E-state index contributed by atoms with van der Waals surface area (Å²) in [7, 11) is 0. The van der Waals surface area contributed by atoms with Gasteiger partial charge in [0.05, 0.1) is 19.2 Å². The van der Waals surface area contributed by atoms with Crippen molar-refractivity contribution in [3.8, 4) is 0 Å². The van der Waals surface area contributed by atoms with Crippen LogP contribution < -0.4 is 5.32 Å². The quantitative estimate of drug-likeness (QED) is 0.450. The van der Waals surface area contributed by atoms with E-state index in [-0.39, 0.29) is 60.0 Å². The van der Waals surface area contributed by atoms with Gasteiger partial charge in [0.25, 0.3) is 0 Å². The molecule has 2 N–H and O–H groups in total. The molecule has 2 amide bonds. The van der Waals surface area contributed by atoms with E-state index < -0.39 is 6.04 Å². The predicted octanol–water partition coefficient (Wildman–Crippen LogP) is 4.35. The summed E-state index contributed by atoms with van der Waals surface area (Å²) in [5.74, 6) is -0.747. The van der Waals surface area contributed by atoms with Gasteiger partial charge in [0, 0.05) is 48.1 Å². The summed E-state index contributed by atoms with van der Waals surface area (Å²) >= 11 is 0. The number of rotatable bonds is 9. The summed E-state index contributed by atoms with van der Waals surface area (Å²) < 4.78 is 19.2. The Kier molecular flexibility index (Phi) is 8.78. The minimum atomic E-state index is -0.544. The average molecular weight is 555 g/mol. The fourth-order valence-corrected chi connectivity index (χ4v) is 7.21. The van der Waals surface area contributed by atoms with Crippen LogP contribution in [0.15, 0.2) is 24.4 Å². The van der Waals surface area contributed by atoms with E-state index in [2.05, 4.69) is 15.2 Å². The maximum absolute atomic E-state index is 14.4. The van der Waals surface area contributed by atoms with Crippen LogP contribution in [0.25, 0.3) is 10.9 Å². The van der Waals surface area contributed by atoms with Crippen LogP contribution in [0.3, 0.4) is 0 Å². The Morgan fingerprint density at radius 3 is 2.65 bits per heavy atom. The number of hydrogen-bond acceptors (Lipinski definition) is 5. The average Bonchev–Trinajstić information content (AvgIpc) is 3.66. The Balaban J connectivity index is 1.47. The lowest BCUT2D eigenvalue weighted by Gasteiger charge is -2.36. The predicted molar refractivity (Wildman–Crippen MR) is 151 cm³/mol. The SMILES string of the molecule is CCOC(=O)CN1C[C@H](c2c[nH]c3cc(F)ccc23)[C@@H]2[C@H]1CCN2C(=O)[C@@H](NC(=O)[C@H](C)CC)C1CCCCC1. The first kappa shape index (κ1) is 28.6. The molecule has 1 aromatic heterocycles. The molecule has 0 unspecified atom stereocenters. The van der Waals surface area contributed by atoms with Crippen LogP contribution in [0.5, 0.6) is 0 Å². The lowest BCUT2D eigenvalue weighted by Crippen LogP contribution is -2.55. The lowest BCUT2D eigenvalue weighted by atomic mass is 9.82. The van der Waals surface area contributed by atoms with Gasteiger partial charge in [-0.15, -0.1) is 0 Å². The standard InChI is InChI=1S/C31H43FN4O4/c1-4-19(3)30(38)34-28(20-9-7-6-8-10-20)31(39)36-14-13-26-29(36)24(17-35(26)18-27(37)40-5-2)23-16-33-25-15-21(32)11-12-22(23)25/h11-12,15-16,19-20,24,26,28-29,33H,4-10,13-14,17-18H2,1-3H3,(H,34,38)/t19-,24-,26-,28+,29-/m1/s1. The van der Waals surface area contributed by atoms with E-state index in [1.54, 1.807) is 13.0 Å². The number of fused-ring (bicyclic) bond motifs is 2. The summed E-state index contributed by atoms with van der Waals surface area (Å²) in [5.41, 5.74) is 1.74. The highest BCUT2D eigenvalue weighted by atomic mass is 19.1. The number of nitrogens with one attached hydrogen (secondary N) is 2. The van der Waals surface area contributed by atoms with Crippen molar-refractivity contribution in [1.29, 1.82) is 0 Å². The minimum absolute atomic E-state index is 0.000951. The van der Waals surface area contributed by atoms with Crippen LogP contribution in [0.1, 0.15) is 77.2 Å². The molecule has 3 aliphatic rings. The van der Waals surface area contributed by atoms with Crippen LogP contribution in [0.2, 0.25) is 0 Å². The van der Waals surface area contributed by atoms with Crippen LogP contribution in [-0.4, -0.2) is 76.9 Å². The van der Waals surface area contributed by atoms with Crippen molar-refractivity contribution in [2.45, 2.75) is 89.8 Å². The molecule has 1 saturated carbocycles. The second-order valence-electron chi connectivity index (χ2n) is 11.8. The number of benzene rings is 1. The van der Waals surface area contributed by atoms with E-state index in [1.807, 2.05) is 24.9 Å². The molecule has 1 aliphatic carbocycles. The van der Waals surface area contributed by atoms with Crippen LogP contribution in [0, 0.1) is 17.7 Å². The summed E-state index contributed by atoms with van der Waals surface area (Å²) in [5, 5.41) is 4.10. The largest absolute Gasteiger partial charge is 0.465 e. The van der Waals surface area contributed by atoms with Crippen molar-refractivity contribution in [3.63, 3.8) is 0 Å². The molecule has 5 rings (SSSR count). The fourth-order valence-electron chi connectivity index (χ4n) is 7.21. The Morgan fingerprint density at radius 2 is 1.93 bits per heavy atom. The molecule has 1 aromatic carbocycles. The highest BCUT2D eigenvalue weighted by Crippen LogP contribution is 2.44. The van der Waals surface area contributed by atoms with E-state index in [1.165, 1.54) is 12.1 Å². The Bertz CT molecular complexity index is 1230. The van der Waals surface area contributed by atoms with Gasteiger partial charge in [-0.2, -0.15) is 0 Å². The first-order valence-corrected chi connectivity index (χ1v) is 15.1. The number of amides is 2. The van der Waals surface area contributed by atoms with Crippen molar-refractivity contribution < 1.29 is 23.5 Å². The topological polar surface area (TPSA) is 94.7 Å². The molecule has 0 bridgehead atoms. The van der Waals surface area contributed by atoms with Crippen molar-refractivity contribution in [3.05, 3.63) is 35.8 Å². The minimum Gasteiger partial charge on any atom is -0.465 e. The zero-order chi connectivity index (χ0) is 28.4. The molecule has 0 radical (unpaired) electrons. The van der Waals surface area contributed by atoms with Gasteiger partial charge in [0.2, 0.25) is 11.8 Å². The number of esters is 1. The molecule has 40 heavy (non-hydrogen) atoms. The number of hydrogen-bond donors (Lipinski definition) is 2. The molecule has 2 aromatic rings. The van der Waals surface area contributed by atoms with E-state index in [9.17, 15) is 18.8 Å². The summed E-state index contributed by atoms with van der Waals surface area (Å²) in [6.07, 6.45) is 8.57. The lowest BCUT2D eigenvalue weighted by molar-refractivity contribution is -0.144. The first-order valence-electron chi connectivity index (χ1n) is 15.1. The van der Waals surface area contributed by atoms with E-state index >= 15 is 0 Å². The van der Waals surface area contributed by atoms with Crippen molar-refractivity contribution in [2.75, 3.05) is 26.2 Å². The highest BCUT2D eigenvalue weighted by molar-refractivity contribution is 5.90. The molecule has 2 saturated heterocycles. The van der Waals surface area contributed by atoms with Gasteiger partial charge in [0.1, 0.15) is 11.9 Å². The third kappa shape index (κ3) is 5.62. The molecule has 9 heteroatoms. The molecule has 5 atom stereocenters. The Morgan fingerprint density at radius 1 is 1.15 bits per heavy atom. The maximum atomic E-state index is 14.4. The van der Waals surface area contributed by atoms with Crippen LogP contribution >= 0.6 is 0 Å². The molecule has 2 aliphatic heterocycles. The smallest absolute Gasteiger partial charge is 0.320 e. The molecule has 0 spiro atoms. The van der Waals surface area contributed by atoms with E-state index in [0.29, 0.717) is 25.2 Å². The number of aromatic nitrogens is 1. The molecule has 3 fully saturated rings. The summed E-state index contributed by atoms with van der Waals surface area (Å²) in [6.45, 7) is 7.35. The third-order valence-corrected chi connectivity index (χ3v) is 9.47.